The molecule has 2 heterocycles. The second-order valence-corrected chi connectivity index (χ2v) is 7.23. The summed E-state index contributed by atoms with van der Waals surface area (Å²) in [6.07, 6.45) is 2.72. The molecule has 0 radical (unpaired) electrons. The maximum absolute atomic E-state index is 6.26. The predicted octanol–water partition coefficient (Wildman–Crippen LogP) is 4.18. The maximum Gasteiger partial charge on any atom is 0.188 e. The summed E-state index contributed by atoms with van der Waals surface area (Å²) in [5.74, 6) is 0. The number of thiophene rings is 1. The fourth-order valence-corrected chi connectivity index (χ4v) is 4.55. The van der Waals surface area contributed by atoms with Gasteiger partial charge in [0.15, 0.2) is 5.16 Å². The number of rotatable bonds is 5. The standard InChI is InChI=1S/C13H16BrN3S2/c1-3-10(15)12(11-6-9(14)7-18-11)19-13-16-5-4-8(2)17-13/h4-7,10,12H,3,15H2,1-2H3. The number of thioether (sulfide) groups is 1. The zero-order valence-corrected chi connectivity index (χ0v) is 14.1. The van der Waals surface area contributed by atoms with Gasteiger partial charge in [-0.05, 0) is 41.4 Å². The molecule has 2 atom stereocenters. The van der Waals surface area contributed by atoms with Crippen LogP contribution in [0.5, 0.6) is 0 Å². The smallest absolute Gasteiger partial charge is 0.188 e. The Morgan fingerprint density at radius 2 is 2.32 bits per heavy atom. The molecule has 0 aromatic carbocycles. The van der Waals surface area contributed by atoms with Gasteiger partial charge in [0, 0.05) is 32.7 Å². The quantitative estimate of drug-likeness (QED) is 0.644. The average molecular weight is 358 g/mol. The largest absolute Gasteiger partial charge is 0.326 e. The lowest BCUT2D eigenvalue weighted by Crippen LogP contribution is -2.25. The number of halogens is 1. The van der Waals surface area contributed by atoms with Crippen LogP contribution in [0.15, 0.2) is 33.3 Å². The average Bonchev–Trinajstić information content (AvgIpc) is 2.81. The van der Waals surface area contributed by atoms with Gasteiger partial charge < -0.3 is 5.73 Å². The molecule has 0 aliphatic rings. The number of nitrogens with two attached hydrogens (primary N) is 1. The summed E-state index contributed by atoms with van der Waals surface area (Å²) < 4.78 is 1.10. The molecule has 0 saturated carbocycles. The first-order valence-corrected chi connectivity index (χ1v) is 8.61. The van der Waals surface area contributed by atoms with Gasteiger partial charge >= 0.3 is 0 Å². The number of aromatic nitrogens is 2. The van der Waals surface area contributed by atoms with Gasteiger partial charge in [0.1, 0.15) is 0 Å². The van der Waals surface area contributed by atoms with Crippen molar-refractivity contribution in [1.29, 1.82) is 0 Å². The van der Waals surface area contributed by atoms with E-state index in [1.165, 1.54) is 4.88 Å². The summed E-state index contributed by atoms with van der Waals surface area (Å²) >= 11 is 6.86. The van der Waals surface area contributed by atoms with Crippen molar-refractivity contribution in [2.45, 2.75) is 36.7 Å². The number of hydrogen-bond acceptors (Lipinski definition) is 5. The summed E-state index contributed by atoms with van der Waals surface area (Å²) in [4.78, 5) is 10.0. The lowest BCUT2D eigenvalue weighted by molar-refractivity contribution is 0.638. The Labute approximate surface area is 130 Å². The van der Waals surface area contributed by atoms with Crippen molar-refractivity contribution >= 4 is 39.0 Å². The Bertz CT molecular complexity index is 544. The summed E-state index contributed by atoms with van der Waals surface area (Å²) in [6, 6.07) is 4.13. The van der Waals surface area contributed by atoms with Gasteiger partial charge in [-0.25, -0.2) is 9.97 Å². The van der Waals surface area contributed by atoms with E-state index in [4.69, 9.17) is 5.73 Å². The van der Waals surface area contributed by atoms with Gasteiger partial charge in [-0.15, -0.1) is 11.3 Å². The van der Waals surface area contributed by atoms with E-state index in [1.807, 2.05) is 13.0 Å². The van der Waals surface area contributed by atoms with E-state index in [2.05, 4.69) is 44.3 Å². The third-order valence-corrected chi connectivity index (χ3v) is 5.92. The monoisotopic (exact) mass is 357 g/mol. The lowest BCUT2D eigenvalue weighted by atomic mass is 10.1. The van der Waals surface area contributed by atoms with Crippen molar-refractivity contribution < 1.29 is 0 Å². The van der Waals surface area contributed by atoms with Crippen LogP contribution in [0.2, 0.25) is 0 Å². The van der Waals surface area contributed by atoms with Crippen molar-refractivity contribution in [3.8, 4) is 0 Å². The van der Waals surface area contributed by atoms with Gasteiger partial charge in [0.2, 0.25) is 0 Å². The molecule has 0 spiro atoms. The van der Waals surface area contributed by atoms with Crippen LogP contribution in [0.3, 0.4) is 0 Å². The van der Waals surface area contributed by atoms with E-state index in [1.54, 1.807) is 29.3 Å². The molecule has 19 heavy (non-hydrogen) atoms. The molecule has 2 rings (SSSR count). The Kier molecular flexibility index (Phi) is 5.38. The zero-order valence-electron chi connectivity index (χ0n) is 10.8. The van der Waals surface area contributed by atoms with Crippen LogP contribution in [-0.2, 0) is 0 Å². The van der Waals surface area contributed by atoms with E-state index in [0.717, 1.165) is 21.7 Å². The normalized spacial score (nSPS) is 14.3. The van der Waals surface area contributed by atoms with Gasteiger partial charge in [-0.2, -0.15) is 0 Å². The van der Waals surface area contributed by atoms with Crippen LogP contribution in [0.25, 0.3) is 0 Å². The van der Waals surface area contributed by atoms with Crippen molar-refractivity contribution in [2.75, 3.05) is 0 Å². The van der Waals surface area contributed by atoms with E-state index < -0.39 is 0 Å². The highest BCUT2D eigenvalue weighted by atomic mass is 79.9. The van der Waals surface area contributed by atoms with E-state index in [0.29, 0.717) is 0 Å². The van der Waals surface area contributed by atoms with Crippen molar-refractivity contribution in [3.63, 3.8) is 0 Å². The fourth-order valence-electron chi connectivity index (χ4n) is 1.64. The molecule has 3 nitrogen and oxygen atoms in total. The van der Waals surface area contributed by atoms with Crippen molar-refractivity contribution in [3.05, 3.63) is 38.8 Å². The molecular formula is C13H16BrN3S2. The highest BCUT2D eigenvalue weighted by Gasteiger charge is 2.22. The molecule has 0 saturated heterocycles. The number of hydrogen-bond donors (Lipinski definition) is 1. The third-order valence-electron chi connectivity index (χ3n) is 2.73. The topological polar surface area (TPSA) is 51.8 Å². The van der Waals surface area contributed by atoms with Crippen LogP contribution in [0.1, 0.15) is 29.2 Å². The molecule has 102 valence electrons. The predicted molar refractivity (Wildman–Crippen MR) is 85.7 cm³/mol. The Hall–Kier alpha value is -0.430. The molecule has 2 unspecified atom stereocenters. The summed E-state index contributed by atoms with van der Waals surface area (Å²) in [6.45, 7) is 4.08. The van der Waals surface area contributed by atoms with Crippen LogP contribution in [0.4, 0.5) is 0 Å². The number of aryl methyl sites for hydroxylation is 1. The maximum atomic E-state index is 6.26. The zero-order chi connectivity index (χ0) is 13.8. The van der Waals surface area contributed by atoms with Gasteiger partial charge in [-0.1, -0.05) is 18.7 Å². The molecule has 0 bridgehead atoms. The number of nitrogens with zero attached hydrogens (tertiary/aromatic N) is 2. The summed E-state index contributed by atoms with van der Waals surface area (Å²) in [5.41, 5.74) is 7.24. The van der Waals surface area contributed by atoms with Gasteiger partial charge in [0.05, 0.1) is 5.25 Å². The Morgan fingerprint density at radius 1 is 1.53 bits per heavy atom. The van der Waals surface area contributed by atoms with E-state index in [9.17, 15) is 0 Å². The minimum atomic E-state index is 0.0969. The van der Waals surface area contributed by atoms with Crippen molar-refractivity contribution in [2.24, 2.45) is 5.73 Å². The fraction of sp³-hybridized carbons (Fsp3) is 0.385. The van der Waals surface area contributed by atoms with E-state index >= 15 is 0 Å². The lowest BCUT2D eigenvalue weighted by Gasteiger charge is -2.20. The van der Waals surface area contributed by atoms with Gasteiger partial charge in [-0.3, -0.25) is 0 Å². The van der Waals surface area contributed by atoms with Crippen LogP contribution < -0.4 is 5.73 Å². The molecule has 0 aliphatic carbocycles. The second-order valence-electron chi connectivity index (χ2n) is 4.26. The SMILES string of the molecule is CCC(N)C(Sc1nccc(C)n1)c1cc(Br)cs1. The van der Waals surface area contributed by atoms with Crippen LogP contribution >= 0.6 is 39.0 Å². The van der Waals surface area contributed by atoms with E-state index in [-0.39, 0.29) is 11.3 Å². The minimum Gasteiger partial charge on any atom is -0.326 e. The molecular weight excluding hydrogens is 342 g/mol. The first-order valence-electron chi connectivity index (χ1n) is 6.06. The first kappa shape index (κ1) is 15.0. The minimum absolute atomic E-state index is 0.0969. The molecule has 6 heteroatoms. The van der Waals surface area contributed by atoms with Crippen LogP contribution in [0, 0.1) is 6.92 Å². The molecule has 0 amide bonds. The second kappa shape index (κ2) is 6.83. The Morgan fingerprint density at radius 3 is 2.89 bits per heavy atom. The highest BCUT2D eigenvalue weighted by Crippen LogP contribution is 2.40. The summed E-state index contributed by atoms with van der Waals surface area (Å²) in [7, 11) is 0. The molecule has 0 aliphatic heterocycles. The first-order chi connectivity index (χ1) is 9.10. The van der Waals surface area contributed by atoms with Crippen LogP contribution in [-0.4, -0.2) is 16.0 Å². The molecule has 2 aromatic rings. The third kappa shape index (κ3) is 4.02. The molecule has 0 fully saturated rings. The molecule has 2 aromatic heterocycles. The van der Waals surface area contributed by atoms with Gasteiger partial charge in [0.25, 0.3) is 0 Å². The highest BCUT2D eigenvalue weighted by molar-refractivity contribution is 9.10. The summed E-state index contributed by atoms with van der Waals surface area (Å²) in [5, 5.41) is 3.07. The van der Waals surface area contributed by atoms with Crippen molar-refractivity contribution in [1.82, 2.24) is 9.97 Å². The molecule has 2 N–H and O–H groups in total. The Balaban J connectivity index is 2.24.